The monoisotopic (exact) mass is 298 g/mol. The number of aryl methyl sites for hydroxylation is 1. The van der Waals surface area contributed by atoms with Gasteiger partial charge < -0.3 is 4.57 Å². The average Bonchev–Trinajstić information content (AvgIpc) is 2.95. The molecule has 0 radical (unpaired) electrons. The van der Waals surface area contributed by atoms with Crippen molar-refractivity contribution in [3.05, 3.63) is 77.7 Å². The molecular weight excluding hydrogens is 283 g/mol. The van der Waals surface area contributed by atoms with Gasteiger partial charge in [0.15, 0.2) is 7.14 Å². The molecule has 20 heavy (non-hydrogen) atoms. The summed E-state index contributed by atoms with van der Waals surface area (Å²) in [5, 5.41) is 1.79. The molecule has 2 aromatic carbocycles. The molecule has 3 heteroatoms. The molecule has 1 nitrogen and oxygen atoms in total. The van der Waals surface area contributed by atoms with Gasteiger partial charge in [0.2, 0.25) is 0 Å². The summed E-state index contributed by atoms with van der Waals surface area (Å²) in [5.74, 6) is 0. The summed E-state index contributed by atoms with van der Waals surface area (Å²) in [6, 6.07) is 23.6. The van der Waals surface area contributed by atoms with Crippen LogP contribution in [0.2, 0.25) is 0 Å². The van der Waals surface area contributed by atoms with E-state index in [2.05, 4.69) is 6.92 Å². The average molecular weight is 298 g/mol. The van der Waals surface area contributed by atoms with Gasteiger partial charge >= 0.3 is 0 Å². The smallest absolute Gasteiger partial charge is 0.180 e. The van der Waals surface area contributed by atoms with Crippen LogP contribution in [0, 0.1) is 6.92 Å². The highest BCUT2D eigenvalue weighted by molar-refractivity contribution is 7.89. The maximum atomic E-state index is 13.8. The standard InChI is InChI=1S/C17H15OPS/c1-14-12-13-17(20-14)19(18,15-8-4-2-5-9-15)16-10-6-3-7-11-16/h2-13H,1H3. The second kappa shape index (κ2) is 5.40. The summed E-state index contributed by atoms with van der Waals surface area (Å²) < 4.78 is 14.8. The maximum absolute atomic E-state index is 13.8. The lowest BCUT2D eigenvalue weighted by atomic mass is 10.4. The summed E-state index contributed by atoms with van der Waals surface area (Å²) in [7, 11) is -2.74. The van der Waals surface area contributed by atoms with Crippen molar-refractivity contribution < 1.29 is 4.57 Å². The first kappa shape index (κ1) is 13.4. The van der Waals surface area contributed by atoms with Crippen molar-refractivity contribution in [3.63, 3.8) is 0 Å². The molecule has 3 aromatic rings. The zero-order chi connectivity index (χ0) is 14.0. The van der Waals surface area contributed by atoms with Crippen LogP contribution in [0.25, 0.3) is 0 Å². The Balaban J connectivity index is 2.26. The van der Waals surface area contributed by atoms with Crippen LogP contribution in [0.15, 0.2) is 72.8 Å². The molecule has 100 valence electrons. The van der Waals surface area contributed by atoms with E-state index in [1.54, 1.807) is 11.3 Å². The second-order valence-electron chi connectivity index (χ2n) is 4.66. The lowest BCUT2D eigenvalue weighted by molar-refractivity contribution is 0.593. The number of benzene rings is 2. The normalized spacial score (nSPS) is 11.4. The Morgan fingerprint density at radius 2 is 1.25 bits per heavy atom. The van der Waals surface area contributed by atoms with Gasteiger partial charge in [-0.3, -0.25) is 0 Å². The topological polar surface area (TPSA) is 17.1 Å². The summed E-state index contributed by atoms with van der Waals surface area (Å²) in [6.45, 7) is 2.05. The van der Waals surface area contributed by atoms with E-state index >= 15 is 0 Å². The van der Waals surface area contributed by atoms with Crippen LogP contribution < -0.4 is 15.2 Å². The Morgan fingerprint density at radius 1 is 0.750 bits per heavy atom. The third-order valence-corrected chi connectivity index (χ3v) is 7.95. The van der Waals surface area contributed by atoms with Crippen LogP contribution in [0.1, 0.15) is 4.88 Å². The molecule has 1 heterocycles. The molecule has 0 saturated carbocycles. The fourth-order valence-electron chi connectivity index (χ4n) is 2.27. The summed E-state index contributed by atoms with van der Waals surface area (Å²) >= 11 is 1.62. The highest BCUT2D eigenvalue weighted by atomic mass is 32.1. The van der Waals surface area contributed by atoms with Crippen LogP contribution in [-0.2, 0) is 4.57 Å². The van der Waals surface area contributed by atoms with Gasteiger partial charge in [-0.05, 0) is 19.1 Å². The van der Waals surface area contributed by atoms with Crippen molar-refractivity contribution in [1.29, 1.82) is 0 Å². The molecule has 0 amide bonds. The van der Waals surface area contributed by atoms with Crippen LogP contribution >= 0.6 is 18.5 Å². The van der Waals surface area contributed by atoms with Crippen LogP contribution in [0.4, 0.5) is 0 Å². The maximum Gasteiger partial charge on any atom is 0.180 e. The summed E-state index contributed by atoms with van der Waals surface area (Å²) in [4.78, 5) is 1.19. The third-order valence-electron chi connectivity index (χ3n) is 3.28. The molecule has 0 aliphatic rings. The number of rotatable bonds is 3. The molecule has 0 aliphatic heterocycles. The Labute approximate surface area is 123 Å². The minimum absolute atomic E-state index is 0.896. The molecule has 1 aromatic heterocycles. The molecule has 0 bridgehead atoms. The molecule has 0 fully saturated rings. The minimum atomic E-state index is -2.74. The Hall–Kier alpha value is -1.63. The van der Waals surface area contributed by atoms with Crippen LogP contribution in [0.5, 0.6) is 0 Å². The first-order valence-electron chi connectivity index (χ1n) is 6.49. The minimum Gasteiger partial charge on any atom is -0.308 e. The Morgan fingerprint density at radius 3 is 1.65 bits per heavy atom. The fourth-order valence-corrected chi connectivity index (χ4v) is 6.73. The predicted octanol–water partition coefficient (Wildman–Crippen LogP) is 3.70. The van der Waals surface area contributed by atoms with Gasteiger partial charge in [0.25, 0.3) is 0 Å². The van der Waals surface area contributed by atoms with Crippen molar-refractivity contribution in [3.8, 4) is 0 Å². The lowest BCUT2D eigenvalue weighted by Gasteiger charge is -2.17. The first-order valence-corrected chi connectivity index (χ1v) is 9.02. The van der Waals surface area contributed by atoms with Gasteiger partial charge in [-0.25, -0.2) is 0 Å². The molecule has 0 spiro atoms. The van der Waals surface area contributed by atoms with Crippen molar-refractivity contribution >= 4 is 33.7 Å². The van der Waals surface area contributed by atoms with Gasteiger partial charge in [0, 0.05) is 15.5 Å². The van der Waals surface area contributed by atoms with Crippen molar-refractivity contribution in [1.82, 2.24) is 0 Å². The zero-order valence-corrected chi connectivity index (χ0v) is 12.9. The highest BCUT2D eigenvalue weighted by Gasteiger charge is 2.30. The van der Waals surface area contributed by atoms with Crippen molar-refractivity contribution in [2.45, 2.75) is 6.92 Å². The largest absolute Gasteiger partial charge is 0.308 e. The molecule has 0 saturated heterocycles. The van der Waals surface area contributed by atoms with E-state index in [9.17, 15) is 4.57 Å². The van der Waals surface area contributed by atoms with E-state index in [1.165, 1.54) is 4.88 Å². The van der Waals surface area contributed by atoms with Crippen LogP contribution in [0.3, 0.4) is 0 Å². The van der Waals surface area contributed by atoms with Gasteiger partial charge in [-0.1, -0.05) is 60.7 Å². The zero-order valence-electron chi connectivity index (χ0n) is 11.2. The lowest BCUT2D eigenvalue weighted by Crippen LogP contribution is -2.22. The molecular formula is C17H15OPS. The van der Waals surface area contributed by atoms with E-state index < -0.39 is 7.14 Å². The Bertz CT molecular complexity index is 703. The van der Waals surface area contributed by atoms with Crippen molar-refractivity contribution in [2.75, 3.05) is 0 Å². The van der Waals surface area contributed by atoms with Gasteiger partial charge in [-0.15, -0.1) is 11.3 Å². The predicted molar refractivity (Wildman–Crippen MR) is 88.4 cm³/mol. The fraction of sp³-hybridized carbons (Fsp3) is 0.0588. The number of hydrogen-bond acceptors (Lipinski definition) is 2. The first-order chi connectivity index (χ1) is 9.71. The van der Waals surface area contributed by atoms with E-state index in [-0.39, 0.29) is 0 Å². The molecule has 0 aliphatic carbocycles. The van der Waals surface area contributed by atoms with E-state index in [4.69, 9.17) is 0 Å². The number of hydrogen-bond donors (Lipinski definition) is 0. The highest BCUT2D eigenvalue weighted by Crippen LogP contribution is 2.44. The van der Waals surface area contributed by atoms with Crippen LogP contribution in [-0.4, -0.2) is 0 Å². The van der Waals surface area contributed by atoms with Gasteiger partial charge in [-0.2, -0.15) is 0 Å². The Kier molecular flexibility index (Phi) is 3.60. The van der Waals surface area contributed by atoms with Gasteiger partial charge in [0.05, 0.1) is 4.62 Å². The van der Waals surface area contributed by atoms with Gasteiger partial charge in [0.1, 0.15) is 0 Å². The molecule has 0 unspecified atom stereocenters. The van der Waals surface area contributed by atoms with E-state index in [1.807, 2.05) is 72.8 Å². The molecule has 3 rings (SSSR count). The van der Waals surface area contributed by atoms with Crippen molar-refractivity contribution in [2.24, 2.45) is 0 Å². The third kappa shape index (κ3) is 2.26. The second-order valence-corrected chi connectivity index (χ2v) is 8.99. The molecule has 0 atom stereocenters. The van der Waals surface area contributed by atoms with E-state index in [0.717, 1.165) is 15.2 Å². The quantitative estimate of drug-likeness (QED) is 0.674. The number of thiophene rings is 1. The SMILES string of the molecule is Cc1ccc(P(=O)(c2ccccc2)c2ccccc2)s1. The summed E-state index contributed by atoms with van der Waals surface area (Å²) in [6.07, 6.45) is 0. The molecule has 0 N–H and O–H groups in total. The summed E-state index contributed by atoms with van der Waals surface area (Å²) in [5.41, 5.74) is 0. The van der Waals surface area contributed by atoms with E-state index in [0.29, 0.717) is 0 Å².